The van der Waals surface area contributed by atoms with Crippen molar-refractivity contribution in [1.82, 2.24) is 19.9 Å². The highest BCUT2D eigenvalue weighted by Crippen LogP contribution is 2.53. The number of nitrogen functional groups attached to an aromatic ring is 1. The Morgan fingerprint density at radius 2 is 1.64 bits per heavy atom. The topological polar surface area (TPSA) is 90.0 Å². The van der Waals surface area contributed by atoms with Crippen LogP contribution in [0.15, 0.2) is 79.7 Å². The molecular weight excluding hydrogens is 509 g/mol. The summed E-state index contributed by atoms with van der Waals surface area (Å²) in [5, 5.41) is 2.12. The number of benzene rings is 2. The van der Waals surface area contributed by atoms with Crippen molar-refractivity contribution in [2.75, 3.05) is 36.9 Å². The molecule has 178 valence electrons. The van der Waals surface area contributed by atoms with Crippen LogP contribution in [0.3, 0.4) is 0 Å². The summed E-state index contributed by atoms with van der Waals surface area (Å²) < 4.78 is 5.52. The molecule has 36 heavy (non-hydrogen) atoms. The molecule has 0 radical (unpaired) electrons. The number of anilines is 2. The molecule has 0 bridgehead atoms. The second-order valence-corrected chi connectivity index (χ2v) is 11.4. The summed E-state index contributed by atoms with van der Waals surface area (Å²) in [6.45, 7) is 2.75. The molecule has 2 aliphatic heterocycles. The van der Waals surface area contributed by atoms with E-state index in [1.807, 2.05) is 23.5 Å². The van der Waals surface area contributed by atoms with Crippen molar-refractivity contribution in [2.45, 2.75) is 19.6 Å². The summed E-state index contributed by atoms with van der Waals surface area (Å²) in [4.78, 5) is 27.0. The minimum atomic E-state index is 0.202. The number of morpholine rings is 1. The van der Waals surface area contributed by atoms with Crippen LogP contribution in [-0.2, 0) is 4.74 Å². The van der Waals surface area contributed by atoms with Gasteiger partial charge in [-0.2, -0.15) is 9.97 Å². The SMILES string of the molecule is Nc1nc(N2CCOCC2)c2nc(-c3ccsc3-c3cccc4c3Sc3ccccc3S4)cnc2n1. The first-order valence-electron chi connectivity index (χ1n) is 11.5. The van der Waals surface area contributed by atoms with Crippen molar-refractivity contribution < 1.29 is 4.74 Å². The van der Waals surface area contributed by atoms with Crippen LogP contribution in [-0.4, -0.2) is 46.2 Å². The summed E-state index contributed by atoms with van der Waals surface area (Å²) in [7, 11) is 0. The Morgan fingerprint density at radius 1 is 0.833 bits per heavy atom. The lowest BCUT2D eigenvalue weighted by Gasteiger charge is -2.28. The summed E-state index contributed by atoms with van der Waals surface area (Å²) in [5.74, 6) is 0.917. The Labute approximate surface area is 220 Å². The van der Waals surface area contributed by atoms with Gasteiger partial charge in [0.05, 0.1) is 25.1 Å². The molecule has 10 heteroatoms. The maximum absolute atomic E-state index is 6.01. The molecular formula is C26H20N6OS3. The second-order valence-electron chi connectivity index (χ2n) is 8.38. The Balaban J connectivity index is 1.34. The van der Waals surface area contributed by atoms with E-state index in [4.69, 9.17) is 15.5 Å². The van der Waals surface area contributed by atoms with Gasteiger partial charge in [-0.3, -0.25) is 0 Å². The molecule has 5 aromatic rings. The summed E-state index contributed by atoms with van der Waals surface area (Å²) in [5.41, 5.74) is 10.2. The van der Waals surface area contributed by atoms with Crippen molar-refractivity contribution in [2.24, 2.45) is 0 Å². The molecule has 2 aromatic carbocycles. The third-order valence-electron chi connectivity index (χ3n) is 6.16. The molecule has 5 heterocycles. The van der Waals surface area contributed by atoms with Gasteiger partial charge >= 0.3 is 0 Å². The number of nitrogens with zero attached hydrogens (tertiary/aromatic N) is 5. The number of aromatic nitrogens is 4. The Hall–Kier alpha value is -3.18. The minimum Gasteiger partial charge on any atom is -0.378 e. The average molecular weight is 529 g/mol. The smallest absolute Gasteiger partial charge is 0.224 e. The minimum absolute atomic E-state index is 0.202. The van der Waals surface area contributed by atoms with Crippen molar-refractivity contribution in [1.29, 1.82) is 0 Å². The van der Waals surface area contributed by atoms with E-state index in [1.54, 1.807) is 17.5 Å². The fraction of sp³-hybridized carbons (Fsp3) is 0.154. The molecule has 1 fully saturated rings. The monoisotopic (exact) mass is 528 g/mol. The molecule has 7 rings (SSSR count). The fourth-order valence-electron chi connectivity index (χ4n) is 4.48. The quantitative estimate of drug-likeness (QED) is 0.304. The molecule has 0 atom stereocenters. The number of ether oxygens (including phenoxy) is 1. The van der Waals surface area contributed by atoms with E-state index >= 15 is 0 Å². The zero-order valence-corrected chi connectivity index (χ0v) is 21.5. The van der Waals surface area contributed by atoms with Crippen LogP contribution in [0.1, 0.15) is 0 Å². The lowest BCUT2D eigenvalue weighted by atomic mass is 10.1. The molecule has 0 spiro atoms. The van der Waals surface area contributed by atoms with E-state index < -0.39 is 0 Å². The average Bonchev–Trinajstić information content (AvgIpc) is 3.41. The Morgan fingerprint density at radius 3 is 2.50 bits per heavy atom. The van der Waals surface area contributed by atoms with E-state index in [0.29, 0.717) is 30.2 Å². The van der Waals surface area contributed by atoms with Crippen molar-refractivity contribution in [3.05, 3.63) is 60.1 Å². The van der Waals surface area contributed by atoms with Crippen LogP contribution >= 0.6 is 34.9 Å². The number of thiophene rings is 1. The molecule has 0 aliphatic carbocycles. The highest BCUT2D eigenvalue weighted by atomic mass is 32.2. The van der Waals surface area contributed by atoms with Crippen LogP contribution < -0.4 is 10.6 Å². The number of fused-ring (bicyclic) bond motifs is 3. The maximum Gasteiger partial charge on any atom is 0.224 e. The largest absolute Gasteiger partial charge is 0.378 e. The van der Waals surface area contributed by atoms with Gasteiger partial charge in [-0.1, -0.05) is 47.8 Å². The third-order valence-corrected chi connectivity index (χ3v) is 9.72. The van der Waals surface area contributed by atoms with Gasteiger partial charge in [-0.05, 0) is 29.6 Å². The van der Waals surface area contributed by atoms with Gasteiger partial charge in [0.25, 0.3) is 0 Å². The normalized spacial score (nSPS) is 15.1. The van der Waals surface area contributed by atoms with Gasteiger partial charge < -0.3 is 15.4 Å². The maximum atomic E-state index is 6.01. The molecule has 3 aromatic heterocycles. The van der Waals surface area contributed by atoms with Crippen molar-refractivity contribution in [3.63, 3.8) is 0 Å². The first-order chi connectivity index (χ1) is 17.7. The summed E-state index contributed by atoms with van der Waals surface area (Å²) in [6, 6.07) is 17.2. The molecule has 2 N–H and O–H groups in total. The third kappa shape index (κ3) is 3.81. The first-order valence-corrected chi connectivity index (χ1v) is 14.0. The van der Waals surface area contributed by atoms with Gasteiger partial charge in [-0.25, -0.2) is 9.97 Å². The van der Waals surface area contributed by atoms with E-state index in [0.717, 1.165) is 24.3 Å². The number of hydrogen-bond acceptors (Lipinski definition) is 10. The highest BCUT2D eigenvalue weighted by Gasteiger charge is 2.24. The van der Waals surface area contributed by atoms with E-state index in [-0.39, 0.29) is 5.95 Å². The zero-order chi connectivity index (χ0) is 24.1. The second kappa shape index (κ2) is 9.04. The van der Waals surface area contributed by atoms with Gasteiger partial charge in [0.2, 0.25) is 5.95 Å². The van der Waals surface area contributed by atoms with Crippen LogP contribution in [0.2, 0.25) is 0 Å². The predicted molar refractivity (Wildman–Crippen MR) is 146 cm³/mol. The van der Waals surface area contributed by atoms with E-state index in [1.165, 1.54) is 30.0 Å². The molecule has 0 unspecified atom stereocenters. The van der Waals surface area contributed by atoms with E-state index in [9.17, 15) is 0 Å². The van der Waals surface area contributed by atoms with Crippen LogP contribution in [0.5, 0.6) is 0 Å². The molecule has 7 nitrogen and oxygen atoms in total. The van der Waals surface area contributed by atoms with Crippen molar-refractivity contribution >= 4 is 57.8 Å². The number of nitrogens with two attached hydrogens (primary N) is 1. The summed E-state index contributed by atoms with van der Waals surface area (Å²) in [6.07, 6.45) is 1.79. The highest BCUT2D eigenvalue weighted by molar-refractivity contribution is 8.05. The van der Waals surface area contributed by atoms with Gasteiger partial charge in [0.15, 0.2) is 17.0 Å². The van der Waals surface area contributed by atoms with Gasteiger partial charge in [0, 0.05) is 48.7 Å². The van der Waals surface area contributed by atoms with Crippen molar-refractivity contribution in [3.8, 4) is 21.7 Å². The predicted octanol–water partition coefficient (Wildman–Crippen LogP) is 5.85. The molecule has 0 saturated carbocycles. The number of hydrogen-bond donors (Lipinski definition) is 1. The van der Waals surface area contributed by atoms with Gasteiger partial charge in [-0.15, -0.1) is 11.3 Å². The van der Waals surface area contributed by atoms with Crippen LogP contribution in [0.4, 0.5) is 11.8 Å². The van der Waals surface area contributed by atoms with Crippen LogP contribution in [0, 0.1) is 0 Å². The number of rotatable bonds is 3. The van der Waals surface area contributed by atoms with E-state index in [2.05, 4.69) is 73.8 Å². The fourth-order valence-corrected chi connectivity index (χ4v) is 7.87. The zero-order valence-electron chi connectivity index (χ0n) is 19.0. The molecule has 1 saturated heterocycles. The Bertz CT molecular complexity index is 1620. The lowest BCUT2D eigenvalue weighted by Crippen LogP contribution is -2.37. The first kappa shape index (κ1) is 22.1. The van der Waals surface area contributed by atoms with Crippen LogP contribution in [0.25, 0.3) is 32.9 Å². The lowest BCUT2D eigenvalue weighted by molar-refractivity contribution is 0.122. The molecule has 2 aliphatic rings. The standard InChI is InChI=1S/C26H20N6OS3/c27-26-30-24-21(25(31-26)32-9-11-33-12-10-32)29-17(14-28-24)15-8-13-34-22(15)16-4-3-7-20-23(16)36-19-6-2-1-5-18(19)35-20/h1-8,13-14H,9-12H2,(H2,27,28,30,31). The van der Waals surface area contributed by atoms with Gasteiger partial charge in [0.1, 0.15) is 0 Å². The summed E-state index contributed by atoms with van der Waals surface area (Å²) >= 11 is 5.39. The molecule has 0 amide bonds. The Kier molecular flexibility index (Phi) is 5.54.